The second-order valence-corrected chi connectivity index (χ2v) is 5.04. The molecule has 0 amide bonds. The number of rotatable bonds is 3. The van der Waals surface area contributed by atoms with Gasteiger partial charge in [-0.1, -0.05) is 0 Å². The first-order valence-corrected chi connectivity index (χ1v) is 6.32. The SMILES string of the molecule is CC(c1cnccn1)N1CCCCC1(C)C(=O)O. The Hall–Kier alpha value is -1.49. The first kappa shape index (κ1) is 13.0. The van der Waals surface area contributed by atoms with Gasteiger partial charge in [0, 0.05) is 18.6 Å². The van der Waals surface area contributed by atoms with E-state index in [1.807, 2.05) is 11.8 Å². The van der Waals surface area contributed by atoms with Crippen molar-refractivity contribution in [3.05, 3.63) is 24.3 Å². The summed E-state index contributed by atoms with van der Waals surface area (Å²) in [5.41, 5.74) is 0.0294. The van der Waals surface area contributed by atoms with Crippen molar-refractivity contribution in [2.24, 2.45) is 0 Å². The van der Waals surface area contributed by atoms with E-state index >= 15 is 0 Å². The van der Waals surface area contributed by atoms with E-state index in [2.05, 4.69) is 9.97 Å². The third-order valence-electron chi connectivity index (χ3n) is 3.89. The highest BCUT2D eigenvalue weighted by atomic mass is 16.4. The van der Waals surface area contributed by atoms with E-state index in [0.29, 0.717) is 6.42 Å². The number of carboxylic acids is 1. The van der Waals surface area contributed by atoms with Crippen LogP contribution in [-0.4, -0.2) is 38.0 Å². The number of likely N-dealkylation sites (tertiary alicyclic amines) is 1. The van der Waals surface area contributed by atoms with Gasteiger partial charge in [0.05, 0.1) is 11.7 Å². The number of aromatic nitrogens is 2. The van der Waals surface area contributed by atoms with Crippen LogP contribution in [0, 0.1) is 0 Å². The molecule has 1 fully saturated rings. The molecule has 5 heteroatoms. The largest absolute Gasteiger partial charge is 0.480 e. The van der Waals surface area contributed by atoms with Gasteiger partial charge in [0.1, 0.15) is 5.54 Å². The topological polar surface area (TPSA) is 66.3 Å². The summed E-state index contributed by atoms with van der Waals surface area (Å²) < 4.78 is 0. The standard InChI is InChI=1S/C13H19N3O2/c1-10(11-9-14-6-7-15-11)16-8-4-3-5-13(16,2)12(17)18/h6-7,9-10H,3-5,8H2,1-2H3,(H,17,18). The maximum Gasteiger partial charge on any atom is 0.323 e. The van der Waals surface area contributed by atoms with Crippen molar-refractivity contribution < 1.29 is 9.90 Å². The fourth-order valence-electron chi connectivity index (χ4n) is 2.68. The van der Waals surface area contributed by atoms with E-state index in [-0.39, 0.29) is 6.04 Å². The summed E-state index contributed by atoms with van der Waals surface area (Å²) in [4.78, 5) is 21.9. The molecule has 1 N–H and O–H groups in total. The number of carboxylic acid groups (broad SMARTS) is 1. The molecular formula is C13H19N3O2. The van der Waals surface area contributed by atoms with Gasteiger partial charge in [-0.15, -0.1) is 0 Å². The number of hydrogen-bond donors (Lipinski definition) is 1. The second-order valence-electron chi connectivity index (χ2n) is 5.04. The Morgan fingerprint density at radius 2 is 2.28 bits per heavy atom. The first-order chi connectivity index (χ1) is 8.55. The quantitative estimate of drug-likeness (QED) is 0.885. The van der Waals surface area contributed by atoms with Crippen LogP contribution in [0.4, 0.5) is 0 Å². The predicted molar refractivity (Wildman–Crippen MR) is 67.0 cm³/mol. The minimum Gasteiger partial charge on any atom is -0.480 e. The molecule has 1 aliphatic rings. The van der Waals surface area contributed by atoms with E-state index < -0.39 is 11.5 Å². The van der Waals surface area contributed by atoms with Gasteiger partial charge in [-0.3, -0.25) is 19.7 Å². The van der Waals surface area contributed by atoms with Crippen LogP contribution in [0.25, 0.3) is 0 Å². The van der Waals surface area contributed by atoms with Gasteiger partial charge in [-0.2, -0.15) is 0 Å². The average molecular weight is 249 g/mol. The minimum absolute atomic E-state index is 0.0277. The summed E-state index contributed by atoms with van der Waals surface area (Å²) in [5.74, 6) is -0.752. The summed E-state index contributed by atoms with van der Waals surface area (Å²) in [6.07, 6.45) is 7.67. The summed E-state index contributed by atoms with van der Waals surface area (Å²) >= 11 is 0. The molecule has 0 aliphatic carbocycles. The normalized spacial score (nSPS) is 26.8. The molecule has 2 heterocycles. The van der Waals surface area contributed by atoms with Crippen LogP contribution in [0.2, 0.25) is 0 Å². The molecule has 5 nitrogen and oxygen atoms in total. The highest BCUT2D eigenvalue weighted by molar-refractivity contribution is 5.78. The fourth-order valence-corrected chi connectivity index (χ4v) is 2.68. The van der Waals surface area contributed by atoms with Crippen LogP contribution in [-0.2, 0) is 4.79 Å². The van der Waals surface area contributed by atoms with Gasteiger partial charge in [-0.25, -0.2) is 0 Å². The maximum atomic E-state index is 11.5. The molecule has 1 aromatic heterocycles. The van der Waals surface area contributed by atoms with E-state index in [4.69, 9.17) is 0 Å². The Morgan fingerprint density at radius 3 is 2.89 bits per heavy atom. The summed E-state index contributed by atoms with van der Waals surface area (Å²) in [5, 5.41) is 9.49. The molecular weight excluding hydrogens is 230 g/mol. The van der Waals surface area contributed by atoms with Crippen LogP contribution >= 0.6 is 0 Å². The van der Waals surface area contributed by atoms with E-state index in [1.165, 1.54) is 0 Å². The number of hydrogen-bond acceptors (Lipinski definition) is 4. The zero-order valence-electron chi connectivity index (χ0n) is 10.8. The molecule has 0 saturated carbocycles. The molecule has 2 atom stereocenters. The third kappa shape index (κ3) is 2.22. The zero-order chi connectivity index (χ0) is 13.2. The van der Waals surface area contributed by atoms with Gasteiger partial charge in [-0.05, 0) is 39.7 Å². The van der Waals surface area contributed by atoms with Gasteiger partial charge in [0.25, 0.3) is 0 Å². The van der Waals surface area contributed by atoms with Crippen molar-refractivity contribution in [1.29, 1.82) is 0 Å². The van der Waals surface area contributed by atoms with E-state index in [1.54, 1.807) is 25.5 Å². The maximum absolute atomic E-state index is 11.5. The Kier molecular flexibility index (Phi) is 3.61. The number of piperidine rings is 1. The lowest BCUT2D eigenvalue weighted by atomic mass is 9.86. The Balaban J connectivity index is 2.27. The van der Waals surface area contributed by atoms with Crippen molar-refractivity contribution in [3.8, 4) is 0 Å². The molecule has 0 spiro atoms. The van der Waals surface area contributed by atoms with Crippen molar-refractivity contribution in [2.45, 2.75) is 44.7 Å². The molecule has 0 bridgehead atoms. The number of nitrogens with zero attached hydrogens (tertiary/aromatic N) is 3. The minimum atomic E-state index is -0.796. The van der Waals surface area contributed by atoms with Gasteiger partial charge in [0.2, 0.25) is 0 Å². The summed E-state index contributed by atoms with van der Waals surface area (Å²) in [6, 6.07) is -0.0277. The summed E-state index contributed by atoms with van der Waals surface area (Å²) in [6.45, 7) is 4.60. The average Bonchev–Trinajstić information content (AvgIpc) is 2.39. The van der Waals surface area contributed by atoms with Crippen molar-refractivity contribution in [3.63, 3.8) is 0 Å². The van der Waals surface area contributed by atoms with Crippen LogP contribution in [0.15, 0.2) is 18.6 Å². The lowest BCUT2D eigenvalue weighted by molar-refractivity contribution is -0.155. The molecule has 1 aromatic rings. The van der Waals surface area contributed by atoms with Gasteiger partial charge >= 0.3 is 5.97 Å². The molecule has 18 heavy (non-hydrogen) atoms. The Bertz CT molecular complexity index is 424. The molecule has 0 aromatic carbocycles. The van der Waals surface area contributed by atoms with Crippen LogP contribution in [0.3, 0.4) is 0 Å². The number of aliphatic carboxylic acids is 1. The highest BCUT2D eigenvalue weighted by Gasteiger charge is 2.43. The lowest BCUT2D eigenvalue weighted by Gasteiger charge is -2.44. The second kappa shape index (κ2) is 5.02. The van der Waals surface area contributed by atoms with Crippen molar-refractivity contribution in [1.82, 2.24) is 14.9 Å². The number of carbonyl (C=O) groups is 1. The lowest BCUT2D eigenvalue weighted by Crippen LogP contribution is -2.55. The van der Waals surface area contributed by atoms with Crippen LogP contribution in [0.5, 0.6) is 0 Å². The molecule has 98 valence electrons. The van der Waals surface area contributed by atoms with Crippen LogP contribution < -0.4 is 0 Å². The third-order valence-corrected chi connectivity index (χ3v) is 3.89. The van der Waals surface area contributed by atoms with Crippen LogP contribution in [0.1, 0.15) is 44.8 Å². The Labute approximate surface area is 107 Å². The van der Waals surface area contributed by atoms with Crippen molar-refractivity contribution >= 4 is 5.97 Å². The molecule has 0 radical (unpaired) electrons. The van der Waals surface area contributed by atoms with E-state index in [0.717, 1.165) is 25.1 Å². The van der Waals surface area contributed by atoms with Gasteiger partial charge < -0.3 is 5.11 Å². The summed E-state index contributed by atoms with van der Waals surface area (Å²) in [7, 11) is 0. The molecule has 2 rings (SSSR count). The molecule has 2 unspecified atom stereocenters. The van der Waals surface area contributed by atoms with Gasteiger partial charge in [0.15, 0.2) is 0 Å². The Morgan fingerprint density at radius 1 is 1.50 bits per heavy atom. The predicted octanol–water partition coefficient (Wildman–Crippen LogP) is 1.87. The highest BCUT2D eigenvalue weighted by Crippen LogP contribution is 2.34. The van der Waals surface area contributed by atoms with Crippen molar-refractivity contribution in [2.75, 3.05) is 6.54 Å². The first-order valence-electron chi connectivity index (χ1n) is 6.32. The smallest absolute Gasteiger partial charge is 0.323 e. The zero-order valence-corrected chi connectivity index (χ0v) is 10.8. The fraction of sp³-hybridized carbons (Fsp3) is 0.615. The monoisotopic (exact) mass is 249 g/mol. The molecule has 1 saturated heterocycles. The van der Waals surface area contributed by atoms with E-state index in [9.17, 15) is 9.90 Å². The molecule has 1 aliphatic heterocycles.